The van der Waals surface area contributed by atoms with Gasteiger partial charge < -0.3 is 15.3 Å². The minimum Gasteiger partial charge on any atom is -0.391 e. The summed E-state index contributed by atoms with van der Waals surface area (Å²) in [5, 5.41) is 12.9. The summed E-state index contributed by atoms with van der Waals surface area (Å²) < 4.78 is 0. The zero-order chi connectivity index (χ0) is 18.8. The highest BCUT2D eigenvalue weighted by Crippen LogP contribution is 2.26. The van der Waals surface area contributed by atoms with Crippen LogP contribution in [-0.4, -0.2) is 36.1 Å². The average molecular weight is 346 g/mol. The van der Waals surface area contributed by atoms with Gasteiger partial charge in [-0.15, -0.1) is 0 Å². The van der Waals surface area contributed by atoms with Crippen LogP contribution in [0.1, 0.15) is 44.7 Å². The number of hydrogen-bond donors (Lipinski definition) is 2. The lowest BCUT2D eigenvalue weighted by Gasteiger charge is -2.33. The van der Waals surface area contributed by atoms with Crippen LogP contribution in [0.25, 0.3) is 0 Å². The van der Waals surface area contributed by atoms with Gasteiger partial charge in [-0.05, 0) is 48.9 Å². The molecular formula is C20H30N2O3. The van der Waals surface area contributed by atoms with Gasteiger partial charge in [0, 0.05) is 25.2 Å². The van der Waals surface area contributed by atoms with Crippen LogP contribution in [0.3, 0.4) is 0 Å². The summed E-state index contributed by atoms with van der Waals surface area (Å²) in [6.07, 6.45) is 0.322. The lowest BCUT2D eigenvalue weighted by molar-refractivity contribution is -0.128. The smallest absolute Gasteiger partial charge is 0.227 e. The Morgan fingerprint density at radius 1 is 1.32 bits per heavy atom. The second-order valence-electron chi connectivity index (χ2n) is 8.14. The summed E-state index contributed by atoms with van der Waals surface area (Å²) in [5.41, 5.74) is 2.88. The molecule has 0 saturated carbocycles. The molecule has 5 nitrogen and oxygen atoms in total. The van der Waals surface area contributed by atoms with E-state index in [1.54, 1.807) is 4.90 Å². The highest BCUT2D eigenvalue weighted by Gasteiger charge is 2.32. The molecule has 0 aliphatic carbocycles. The van der Waals surface area contributed by atoms with Gasteiger partial charge in [0.1, 0.15) is 0 Å². The Kier molecular flexibility index (Phi) is 5.88. The number of carbonyl (C=O) groups is 2. The number of nitrogens with one attached hydrogen (secondary N) is 1. The van der Waals surface area contributed by atoms with Crippen molar-refractivity contribution in [3.8, 4) is 0 Å². The number of nitrogens with zero attached hydrogens (tertiary/aromatic N) is 1. The number of piperidine rings is 1. The van der Waals surface area contributed by atoms with Crippen LogP contribution in [0.2, 0.25) is 0 Å². The molecule has 1 aromatic rings. The summed E-state index contributed by atoms with van der Waals surface area (Å²) in [6.45, 7) is 10.5. The standard InChI is InChI=1S/C20H30N2O3/c1-13-6-8-16(10-14(13)2)22-12-15(7-9-18(22)24)19(25)21-11-17(23)20(3,4)5/h6,8,10,15,17,23H,7,9,11-12H2,1-5H3,(H,21,25). The van der Waals surface area contributed by atoms with Crippen molar-refractivity contribution in [2.45, 2.75) is 53.6 Å². The normalized spacial score (nSPS) is 19.7. The maximum absolute atomic E-state index is 12.5. The number of rotatable bonds is 4. The van der Waals surface area contributed by atoms with Crippen molar-refractivity contribution in [2.75, 3.05) is 18.0 Å². The van der Waals surface area contributed by atoms with Gasteiger partial charge in [0.2, 0.25) is 11.8 Å². The van der Waals surface area contributed by atoms with E-state index < -0.39 is 6.10 Å². The van der Waals surface area contributed by atoms with E-state index in [0.717, 1.165) is 11.3 Å². The van der Waals surface area contributed by atoms with Crippen LogP contribution < -0.4 is 10.2 Å². The predicted molar refractivity (Wildman–Crippen MR) is 99.5 cm³/mol. The fourth-order valence-electron chi connectivity index (χ4n) is 2.85. The highest BCUT2D eigenvalue weighted by atomic mass is 16.3. The van der Waals surface area contributed by atoms with Gasteiger partial charge in [-0.3, -0.25) is 9.59 Å². The zero-order valence-electron chi connectivity index (χ0n) is 15.9. The van der Waals surface area contributed by atoms with Gasteiger partial charge in [-0.2, -0.15) is 0 Å². The van der Waals surface area contributed by atoms with Gasteiger partial charge in [-0.25, -0.2) is 0 Å². The minimum absolute atomic E-state index is 0.0574. The predicted octanol–water partition coefficient (Wildman–Crippen LogP) is 2.57. The highest BCUT2D eigenvalue weighted by molar-refractivity contribution is 5.96. The number of hydrogen-bond acceptors (Lipinski definition) is 3. The third-order valence-electron chi connectivity index (χ3n) is 5.05. The zero-order valence-corrected chi connectivity index (χ0v) is 15.9. The molecular weight excluding hydrogens is 316 g/mol. The molecule has 138 valence electrons. The minimum atomic E-state index is -0.600. The van der Waals surface area contributed by atoms with E-state index in [0.29, 0.717) is 19.4 Å². The van der Waals surface area contributed by atoms with Crippen molar-refractivity contribution in [1.29, 1.82) is 0 Å². The number of aliphatic hydroxyl groups excluding tert-OH is 1. The third kappa shape index (κ3) is 4.82. The van der Waals surface area contributed by atoms with Crippen LogP contribution >= 0.6 is 0 Å². The molecule has 0 aromatic heterocycles. The summed E-state index contributed by atoms with van der Waals surface area (Å²) in [6, 6.07) is 5.93. The van der Waals surface area contributed by atoms with Crippen LogP contribution in [0.15, 0.2) is 18.2 Å². The molecule has 0 radical (unpaired) electrons. The molecule has 1 aliphatic rings. The molecule has 25 heavy (non-hydrogen) atoms. The fraction of sp³-hybridized carbons (Fsp3) is 0.600. The van der Waals surface area contributed by atoms with Crippen LogP contribution in [-0.2, 0) is 9.59 Å². The first-order valence-electron chi connectivity index (χ1n) is 8.93. The summed E-state index contributed by atoms with van der Waals surface area (Å²) in [5.74, 6) is -0.279. The first kappa shape index (κ1) is 19.4. The maximum atomic E-state index is 12.5. The van der Waals surface area contributed by atoms with Crippen molar-refractivity contribution in [1.82, 2.24) is 5.32 Å². The average Bonchev–Trinajstić information content (AvgIpc) is 2.54. The number of anilines is 1. The van der Waals surface area contributed by atoms with Crippen molar-refractivity contribution >= 4 is 17.5 Å². The van der Waals surface area contributed by atoms with Crippen LogP contribution in [0.5, 0.6) is 0 Å². The Balaban J connectivity index is 2.03. The summed E-state index contributed by atoms with van der Waals surface area (Å²) in [7, 11) is 0. The van der Waals surface area contributed by atoms with E-state index in [1.165, 1.54) is 5.56 Å². The van der Waals surface area contributed by atoms with Crippen molar-refractivity contribution < 1.29 is 14.7 Å². The fourth-order valence-corrected chi connectivity index (χ4v) is 2.85. The van der Waals surface area contributed by atoms with E-state index in [1.807, 2.05) is 52.8 Å². The van der Waals surface area contributed by atoms with Crippen LogP contribution in [0, 0.1) is 25.2 Å². The molecule has 1 saturated heterocycles. The molecule has 2 N–H and O–H groups in total. The molecule has 1 aliphatic heterocycles. The lowest BCUT2D eigenvalue weighted by atomic mass is 9.89. The molecule has 2 unspecified atom stereocenters. The summed E-state index contributed by atoms with van der Waals surface area (Å²) in [4.78, 5) is 26.5. The SMILES string of the molecule is Cc1ccc(N2CC(C(=O)NCC(O)C(C)(C)C)CCC2=O)cc1C. The number of aryl methyl sites for hydroxylation is 2. The molecule has 0 bridgehead atoms. The Labute approximate surface area is 150 Å². The molecule has 2 atom stereocenters. The quantitative estimate of drug-likeness (QED) is 0.880. The first-order valence-corrected chi connectivity index (χ1v) is 8.93. The molecule has 0 spiro atoms. The third-order valence-corrected chi connectivity index (χ3v) is 5.05. The second kappa shape index (κ2) is 7.56. The van der Waals surface area contributed by atoms with Gasteiger partial charge in [0.25, 0.3) is 0 Å². The van der Waals surface area contributed by atoms with E-state index in [2.05, 4.69) is 5.32 Å². The topological polar surface area (TPSA) is 69.6 Å². The van der Waals surface area contributed by atoms with Crippen molar-refractivity contribution in [3.63, 3.8) is 0 Å². The number of amides is 2. The molecule has 1 aromatic carbocycles. The summed E-state index contributed by atoms with van der Waals surface area (Å²) >= 11 is 0. The Morgan fingerprint density at radius 2 is 2.00 bits per heavy atom. The van der Waals surface area contributed by atoms with Crippen molar-refractivity contribution in [3.05, 3.63) is 29.3 Å². The van der Waals surface area contributed by atoms with Crippen LogP contribution in [0.4, 0.5) is 5.69 Å². The van der Waals surface area contributed by atoms with E-state index in [4.69, 9.17) is 0 Å². The van der Waals surface area contributed by atoms with E-state index in [9.17, 15) is 14.7 Å². The molecule has 5 heteroatoms. The largest absolute Gasteiger partial charge is 0.391 e. The van der Waals surface area contributed by atoms with Gasteiger partial charge in [-0.1, -0.05) is 26.8 Å². The van der Waals surface area contributed by atoms with Crippen molar-refractivity contribution in [2.24, 2.45) is 11.3 Å². The van der Waals surface area contributed by atoms with Gasteiger partial charge in [0.15, 0.2) is 0 Å². The Morgan fingerprint density at radius 3 is 2.60 bits per heavy atom. The molecule has 1 fully saturated rings. The van der Waals surface area contributed by atoms with E-state index >= 15 is 0 Å². The second-order valence-corrected chi connectivity index (χ2v) is 8.14. The molecule has 2 amide bonds. The van der Waals surface area contributed by atoms with E-state index in [-0.39, 0.29) is 29.7 Å². The lowest BCUT2D eigenvalue weighted by Crippen LogP contribution is -2.48. The number of carbonyl (C=O) groups excluding carboxylic acids is 2. The van der Waals surface area contributed by atoms with Gasteiger partial charge >= 0.3 is 0 Å². The molecule has 2 rings (SSSR count). The molecule has 1 heterocycles. The Bertz CT molecular complexity index is 649. The number of benzene rings is 1. The first-order chi connectivity index (χ1) is 11.6. The maximum Gasteiger partial charge on any atom is 0.227 e. The van der Waals surface area contributed by atoms with Gasteiger partial charge in [0.05, 0.1) is 12.0 Å². The monoisotopic (exact) mass is 346 g/mol. The number of aliphatic hydroxyl groups is 1. The Hall–Kier alpha value is -1.88.